The van der Waals surface area contributed by atoms with E-state index in [9.17, 15) is 9.18 Å². The Morgan fingerprint density at radius 3 is 2.40 bits per heavy atom. The number of hydrogen-bond acceptors (Lipinski definition) is 3. The Balaban J connectivity index is 3.92. The van der Waals surface area contributed by atoms with E-state index in [0.717, 1.165) is 44.3 Å². The van der Waals surface area contributed by atoms with Crippen LogP contribution in [0.5, 0.6) is 0 Å². The van der Waals surface area contributed by atoms with Gasteiger partial charge in [-0.1, -0.05) is 39.5 Å². The third-order valence-electron chi connectivity index (χ3n) is 3.20. The number of halogens is 1. The van der Waals surface area contributed by atoms with Crippen LogP contribution in [0.3, 0.4) is 0 Å². The third kappa shape index (κ3) is 10.5. The van der Waals surface area contributed by atoms with E-state index in [1.807, 2.05) is 13.8 Å². The van der Waals surface area contributed by atoms with Crippen LogP contribution < -0.4 is 0 Å². The first-order valence-electron chi connectivity index (χ1n) is 8.07. The Bertz CT molecular complexity index is 237. The van der Waals surface area contributed by atoms with Crippen LogP contribution in [-0.2, 0) is 9.53 Å². The van der Waals surface area contributed by atoms with Gasteiger partial charge in [-0.3, -0.25) is 4.79 Å². The summed E-state index contributed by atoms with van der Waals surface area (Å²) in [4.78, 5) is 11.9. The van der Waals surface area contributed by atoms with Crippen LogP contribution >= 0.6 is 11.8 Å². The molecule has 0 N–H and O–H groups in total. The van der Waals surface area contributed by atoms with Gasteiger partial charge in [0.2, 0.25) is 0 Å². The Morgan fingerprint density at radius 2 is 1.80 bits per heavy atom. The maximum Gasteiger partial charge on any atom is 0.319 e. The predicted molar refractivity (Wildman–Crippen MR) is 86.1 cm³/mol. The number of alkyl halides is 1. The first-order valence-corrected chi connectivity index (χ1v) is 9.12. The normalized spacial score (nSPS) is 14.0. The molecular weight excluding hydrogens is 275 g/mol. The number of ether oxygens (including phenoxy) is 1. The Kier molecular flexibility index (Phi) is 13.5. The minimum absolute atomic E-state index is 0.0641. The first kappa shape index (κ1) is 19.8. The van der Waals surface area contributed by atoms with E-state index < -0.39 is 6.17 Å². The quantitative estimate of drug-likeness (QED) is 0.348. The van der Waals surface area contributed by atoms with Crippen molar-refractivity contribution in [2.45, 2.75) is 83.6 Å². The number of esters is 1. The molecule has 0 spiro atoms. The molecule has 2 atom stereocenters. The largest absolute Gasteiger partial charge is 0.465 e. The second-order valence-corrected chi connectivity index (χ2v) is 6.45. The van der Waals surface area contributed by atoms with E-state index in [1.165, 1.54) is 0 Å². The minimum atomic E-state index is -0.679. The van der Waals surface area contributed by atoms with Gasteiger partial charge in [0, 0.05) is 0 Å². The fraction of sp³-hybridized carbons (Fsp3) is 0.938. The van der Waals surface area contributed by atoms with Gasteiger partial charge >= 0.3 is 5.97 Å². The lowest BCUT2D eigenvalue weighted by Gasteiger charge is -2.15. The lowest BCUT2D eigenvalue weighted by atomic mass is 10.1. The van der Waals surface area contributed by atoms with Gasteiger partial charge in [-0.25, -0.2) is 4.39 Å². The van der Waals surface area contributed by atoms with Gasteiger partial charge in [0.15, 0.2) is 0 Å². The van der Waals surface area contributed by atoms with Crippen LogP contribution in [0.1, 0.15) is 72.1 Å². The summed E-state index contributed by atoms with van der Waals surface area (Å²) in [5.41, 5.74) is 0. The fourth-order valence-corrected chi connectivity index (χ4v) is 3.23. The van der Waals surface area contributed by atoms with E-state index >= 15 is 0 Å². The monoisotopic (exact) mass is 306 g/mol. The molecule has 0 rings (SSSR count). The molecule has 0 fully saturated rings. The zero-order valence-corrected chi connectivity index (χ0v) is 14.1. The Labute approximate surface area is 128 Å². The van der Waals surface area contributed by atoms with Gasteiger partial charge in [-0.05, 0) is 38.4 Å². The van der Waals surface area contributed by atoms with Gasteiger partial charge < -0.3 is 4.74 Å². The number of hydrogen-bond donors (Lipinski definition) is 0. The number of rotatable bonds is 13. The van der Waals surface area contributed by atoms with Crippen LogP contribution in [0.2, 0.25) is 0 Å². The van der Waals surface area contributed by atoms with E-state index in [4.69, 9.17) is 4.74 Å². The van der Waals surface area contributed by atoms with Crippen molar-refractivity contribution in [1.29, 1.82) is 0 Å². The van der Waals surface area contributed by atoms with Gasteiger partial charge in [-0.2, -0.15) is 0 Å². The van der Waals surface area contributed by atoms with Gasteiger partial charge in [-0.15, -0.1) is 11.8 Å². The summed E-state index contributed by atoms with van der Waals surface area (Å²) in [5.74, 6) is 0.749. The lowest BCUT2D eigenvalue weighted by molar-refractivity contribution is -0.142. The lowest BCUT2D eigenvalue weighted by Crippen LogP contribution is -2.21. The molecule has 0 aromatic rings. The van der Waals surface area contributed by atoms with Gasteiger partial charge in [0.1, 0.15) is 11.4 Å². The molecule has 0 heterocycles. The van der Waals surface area contributed by atoms with E-state index in [-0.39, 0.29) is 11.2 Å². The maximum absolute atomic E-state index is 13.4. The minimum Gasteiger partial charge on any atom is -0.465 e. The number of carbonyl (C=O) groups is 1. The fourth-order valence-electron chi connectivity index (χ4n) is 2.07. The summed E-state index contributed by atoms with van der Waals surface area (Å²) in [6, 6.07) is 0. The molecule has 0 saturated carbocycles. The topological polar surface area (TPSA) is 26.3 Å². The highest BCUT2D eigenvalue weighted by Gasteiger charge is 2.19. The molecule has 20 heavy (non-hydrogen) atoms. The number of carbonyl (C=O) groups excluding carboxylic acids is 1. The number of thioether (sulfide) groups is 1. The summed E-state index contributed by atoms with van der Waals surface area (Å²) < 4.78 is 18.5. The predicted octanol–water partition coefficient (Wildman–Crippen LogP) is 5.15. The van der Waals surface area contributed by atoms with Crippen molar-refractivity contribution in [2.75, 3.05) is 12.4 Å². The highest BCUT2D eigenvalue weighted by atomic mass is 32.2. The molecule has 0 aliphatic heterocycles. The molecule has 0 aromatic carbocycles. The number of unbranched alkanes of at least 4 members (excludes halogenated alkanes) is 2. The van der Waals surface area contributed by atoms with Crippen LogP contribution in [0.15, 0.2) is 0 Å². The van der Waals surface area contributed by atoms with Crippen molar-refractivity contribution in [1.82, 2.24) is 0 Å². The zero-order chi connectivity index (χ0) is 15.2. The molecule has 4 heteroatoms. The highest BCUT2D eigenvalue weighted by Crippen LogP contribution is 2.22. The molecule has 0 saturated heterocycles. The standard InChI is InChI=1S/C16H31FO2S/c1-4-7-8-12-15(16(18)19-6-3)20-13-9-11-14(17)10-5-2/h14-15H,4-13H2,1-3H3. The second-order valence-electron chi connectivity index (χ2n) is 5.14. The van der Waals surface area contributed by atoms with Crippen molar-refractivity contribution >= 4 is 17.7 Å². The molecule has 0 aliphatic rings. The molecule has 2 nitrogen and oxygen atoms in total. The zero-order valence-electron chi connectivity index (χ0n) is 13.3. The molecule has 0 aromatic heterocycles. The van der Waals surface area contributed by atoms with Gasteiger partial charge in [0.05, 0.1) is 6.61 Å². The third-order valence-corrected chi connectivity index (χ3v) is 4.56. The summed E-state index contributed by atoms with van der Waals surface area (Å²) in [5, 5.41) is -0.0641. The first-order chi connectivity index (χ1) is 9.65. The molecule has 0 aliphatic carbocycles. The molecular formula is C16H31FO2S. The maximum atomic E-state index is 13.4. The molecule has 2 unspecified atom stereocenters. The van der Waals surface area contributed by atoms with E-state index in [1.54, 1.807) is 11.8 Å². The van der Waals surface area contributed by atoms with Crippen LogP contribution in [-0.4, -0.2) is 29.8 Å². The van der Waals surface area contributed by atoms with E-state index in [2.05, 4.69) is 6.92 Å². The Morgan fingerprint density at radius 1 is 1.05 bits per heavy atom. The van der Waals surface area contributed by atoms with Crippen molar-refractivity contribution < 1.29 is 13.9 Å². The van der Waals surface area contributed by atoms with Crippen molar-refractivity contribution in [2.24, 2.45) is 0 Å². The summed E-state index contributed by atoms with van der Waals surface area (Å²) in [6.45, 7) is 6.43. The van der Waals surface area contributed by atoms with Crippen LogP contribution in [0.25, 0.3) is 0 Å². The molecule has 0 radical (unpaired) electrons. The van der Waals surface area contributed by atoms with E-state index in [0.29, 0.717) is 19.4 Å². The summed E-state index contributed by atoms with van der Waals surface area (Å²) in [7, 11) is 0. The van der Waals surface area contributed by atoms with Crippen molar-refractivity contribution in [3.05, 3.63) is 0 Å². The van der Waals surface area contributed by atoms with Crippen molar-refractivity contribution in [3.8, 4) is 0 Å². The second kappa shape index (κ2) is 13.7. The smallest absolute Gasteiger partial charge is 0.319 e. The summed E-state index contributed by atoms with van der Waals surface area (Å²) in [6.07, 6.45) is 6.59. The highest BCUT2D eigenvalue weighted by molar-refractivity contribution is 8.00. The average molecular weight is 306 g/mol. The SMILES string of the molecule is CCCCCC(SCCCC(F)CCC)C(=O)OCC. The summed E-state index contributed by atoms with van der Waals surface area (Å²) >= 11 is 1.64. The molecule has 0 amide bonds. The van der Waals surface area contributed by atoms with Crippen LogP contribution in [0, 0.1) is 0 Å². The van der Waals surface area contributed by atoms with Crippen LogP contribution in [0.4, 0.5) is 4.39 Å². The van der Waals surface area contributed by atoms with Crippen molar-refractivity contribution in [3.63, 3.8) is 0 Å². The Hall–Kier alpha value is -0.250. The molecule has 0 bridgehead atoms. The molecule has 120 valence electrons. The van der Waals surface area contributed by atoms with Gasteiger partial charge in [0.25, 0.3) is 0 Å². The average Bonchev–Trinajstić information content (AvgIpc) is 2.42.